The molecule has 0 spiro atoms. The summed E-state index contributed by atoms with van der Waals surface area (Å²) in [5, 5.41) is 1.18. The van der Waals surface area contributed by atoms with Gasteiger partial charge >= 0.3 is 5.97 Å². The summed E-state index contributed by atoms with van der Waals surface area (Å²) in [6.07, 6.45) is 1.71. The SMILES string of the molecule is Cc1c(OC(=O)C(C)Cl)ccc2c1O/C(=C\c1cccs1)C2=O. The van der Waals surface area contributed by atoms with Crippen molar-refractivity contribution in [1.82, 2.24) is 0 Å². The van der Waals surface area contributed by atoms with Gasteiger partial charge in [0.2, 0.25) is 5.78 Å². The molecule has 1 unspecified atom stereocenters. The molecule has 1 aliphatic heterocycles. The number of fused-ring (bicyclic) bond motifs is 1. The Balaban J connectivity index is 1.93. The van der Waals surface area contributed by atoms with Gasteiger partial charge in [0.25, 0.3) is 0 Å². The third-order valence-electron chi connectivity index (χ3n) is 3.39. The summed E-state index contributed by atoms with van der Waals surface area (Å²) in [5.74, 6) is 0.296. The maximum absolute atomic E-state index is 12.4. The van der Waals surface area contributed by atoms with E-state index >= 15 is 0 Å². The molecule has 118 valence electrons. The Kier molecular flexibility index (Phi) is 4.24. The van der Waals surface area contributed by atoms with E-state index < -0.39 is 11.3 Å². The molecule has 6 heteroatoms. The van der Waals surface area contributed by atoms with Crippen LogP contribution in [0.2, 0.25) is 0 Å². The molecular formula is C17H13ClO4S. The zero-order valence-electron chi connectivity index (χ0n) is 12.5. The number of thiophene rings is 1. The molecule has 2 aromatic rings. The molecule has 0 saturated heterocycles. The molecule has 4 nitrogen and oxygen atoms in total. The molecule has 1 aromatic heterocycles. The fraction of sp³-hybridized carbons (Fsp3) is 0.176. The number of ketones is 1. The Morgan fingerprint density at radius 1 is 1.39 bits per heavy atom. The highest BCUT2D eigenvalue weighted by molar-refractivity contribution is 7.10. The van der Waals surface area contributed by atoms with Gasteiger partial charge < -0.3 is 9.47 Å². The summed E-state index contributed by atoms with van der Waals surface area (Å²) in [4.78, 5) is 25.0. The van der Waals surface area contributed by atoms with Gasteiger partial charge in [-0.25, -0.2) is 0 Å². The molecule has 2 heterocycles. The number of alkyl halides is 1. The number of carbonyl (C=O) groups excluding carboxylic acids is 2. The molecule has 1 aromatic carbocycles. The van der Waals surface area contributed by atoms with Gasteiger partial charge in [-0.15, -0.1) is 22.9 Å². The average Bonchev–Trinajstić information content (AvgIpc) is 3.12. The Hall–Kier alpha value is -2.11. The van der Waals surface area contributed by atoms with Crippen LogP contribution in [0.25, 0.3) is 6.08 Å². The van der Waals surface area contributed by atoms with Crippen LogP contribution in [0, 0.1) is 6.92 Å². The lowest BCUT2D eigenvalue weighted by Gasteiger charge is -2.10. The van der Waals surface area contributed by atoms with Crippen molar-refractivity contribution in [2.75, 3.05) is 0 Å². The first-order valence-corrected chi connectivity index (χ1v) is 8.26. The van der Waals surface area contributed by atoms with E-state index in [1.165, 1.54) is 18.3 Å². The Morgan fingerprint density at radius 3 is 2.83 bits per heavy atom. The van der Waals surface area contributed by atoms with Crippen LogP contribution >= 0.6 is 22.9 Å². The second kappa shape index (κ2) is 6.18. The number of halogens is 1. The molecule has 0 saturated carbocycles. The molecule has 0 bridgehead atoms. The van der Waals surface area contributed by atoms with Gasteiger partial charge in [-0.05, 0) is 37.4 Å². The van der Waals surface area contributed by atoms with Crippen LogP contribution in [-0.2, 0) is 4.79 Å². The third kappa shape index (κ3) is 3.02. The van der Waals surface area contributed by atoms with E-state index in [1.807, 2.05) is 17.5 Å². The monoisotopic (exact) mass is 348 g/mol. The van der Waals surface area contributed by atoms with Crippen molar-refractivity contribution in [3.8, 4) is 11.5 Å². The highest BCUT2D eigenvalue weighted by atomic mass is 35.5. The summed E-state index contributed by atoms with van der Waals surface area (Å²) in [6, 6.07) is 6.99. The maximum Gasteiger partial charge on any atom is 0.329 e. The van der Waals surface area contributed by atoms with Gasteiger partial charge in [0.1, 0.15) is 16.9 Å². The van der Waals surface area contributed by atoms with Crippen molar-refractivity contribution >= 4 is 40.8 Å². The number of benzene rings is 1. The van der Waals surface area contributed by atoms with Crippen LogP contribution in [0.5, 0.6) is 11.5 Å². The van der Waals surface area contributed by atoms with Crippen molar-refractivity contribution in [3.63, 3.8) is 0 Å². The maximum atomic E-state index is 12.4. The highest BCUT2D eigenvalue weighted by Crippen LogP contribution is 2.39. The predicted octanol–water partition coefficient (Wildman–Crippen LogP) is 4.21. The zero-order chi connectivity index (χ0) is 16.6. The Morgan fingerprint density at radius 2 is 2.17 bits per heavy atom. The first-order chi connectivity index (χ1) is 11.0. The molecule has 0 N–H and O–H groups in total. The van der Waals surface area contributed by atoms with Crippen LogP contribution in [0.3, 0.4) is 0 Å². The van der Waals surface area contributed by atoms with Gasteiger partial charge in [0.05, 0.1) is 5.56 Å². The number of allylic oxidation sites excluding steroid dienone is 1. The lowest BCUT2D eigenvalue weighted by Crippen LogP contribution is -2.18. The van der Waals surface area contributed by atoms with Gasteiger partial charge in [0.15, 0.2) is 5.76 Å². The minimum absolute atomic E-state index is 0.180. The lowest BCUT2D eigenvalue weighted by molar-refractivity contribution is -0.133. The van der Waals surface area contributed by atoms with Gasteiger partial charge in [0, 0.05) is 16.5 Å². The second-order valence-corrected chi connectivity index (χ2v) is 6.69. The smallest absolute Gasteiger partial charge is 0.329 e. The standard InChI is InChI=1S/C17H13ClO4S/c1-9-13(22-17(20)10(2)18)6-5-12-15(19)14(21-16(9)12)8-11-4-3-7-23-11/h3-8,10H,1-2H3/b14-8-. The highest BCUT2D eigenvalue weighted by Gasteiger charge is 2.30. The van der Waals surface area contributed by atoms with Crippen molar-refractivity contribution in [1.29, 1.82) is 0 Å². The quantitative estimate of drug-likeness (QED) is 0.361. The second-order valence-electron chi connectivity index (χ2n) is 5.06. The number of rotatable bonds is 3. The summed E-state index contributed by atoms with van der Waals surface area (Å²) >= 11 is 7.22. The van der Waals surface area contributed by atoms with Crippen molar-refractivity contribution in [3.05, 3.63) is 51.4 Å². The van der Waals surface area contributed by atoms with E-state index in [0.717, 1.165) is 4.88 Å². The number of carbonyl (C=O) groups is 2. The average molecular weight is 349 g/mol. The van der Waals surface area contributed by atoms with Crippen LogP contribution in [-0.4, -0.2) is 17.1 Å². The summed E-state index contributed by atoms with van der Waals surface area (Å²) < 4.78 is 10.9. The number of hydrogen-bond acceptors (Lipinski definition) is 5. The molecule has 0 radical (unpaired) electrons. The van der Waals surface area contributed by atoms with Crippen molar-refractivity contribution in [2.45, 2.75) is 19.2 Å². The Bertz CT molecular complexity index is 806. The molecule has 23 heavy (non-hydrogen) atoms. The number of esters is 1. The van der Waals surface area contributed by atoms with Crippen molar-refractivity contribution in [2.24, 2.45) is 0 Å². The fourth-order valence-corrected chi connectivity index (χ4v) is 2.86. The van der Waals surface area contributed by atoms with Crippen LogP contribution in [0.4, 0.5) is 0 Å². The number of Topliss-reactive ketones (excluding diaryl/α,β-unsaturated/α-hetero) is 1. The normalized spacial score (nSPS) is 16.1. The van der Waals surface area contributed by atoms with E-state index in [9.17, 15) is 9.59 Å². The van der Waals surface area contributed by atoms with E-state index in [1.54, 1.807) is 25.1 Å². The molecular weight excluding hydrogens is 336 g/mol. The van der Waals surface area contributed by atoms with E-state index in [4.69, 9.17) is 21.1 Å². The number of ether oxygens (including phenoxy) is 2. The minimum Gasteiger partial charge on any atom is -0.452 e. The molecule has 0 amide bonds. The lowest BCUT2D eigenvalue weighted by atomic mass is 10.1. The Labute approximate surface area is 142 Å². The summed E-state index contributed by atoms with van der Waals surface area (Å²) in [7, 11) is 0. The van der Waals surface area contributed by atoms with Crippen LogP contribution in [0.1, 0.15) is 27.7 Å². The first-order valence-electron chi connectivity index (χ1n) is 6.94. The third-order valence-corrected chi connectivity index (χ3v) is 4.39. The van der Waals surface area contributed by atoms with Gasteiger partial charge in [-0.1, -0.05) is 6.07 Å². The van der Waals surface area contributed by atoms with Crippen LogP contribution in [0.15, 0.2) is 35.4 Å². The fourth-order valence-electron chi connectivity index (χ4n) is 2.17. The largest absolute Gasteiger partial charge is 0.452 e. The zero-order valence-corrected chi connectivity index (χ0v) is 14.0. The van der Waals surface area contributed by atoms with Crippen LogP contribution < -0.4 is 9.47 Å². The number of hydrogen-bond donors (Lipinski definition) is 0. The molecule has 0 aliphatic carbocycles. The summed E-state index contributed by atoms with van der Waals surface area (Å²) in [6.45, 7) is 3.27. The van der Waals surface area contributed by atoms with Crippen molar-refractivity contribution < 1.29 is 19.1 Å². The predicted molar refractivity (Wildman–Crippen MR) is 89.4 cm³/mol. The molecule has 1 atom stereocenters. The van der Waals surface area contributed by atoms with E-state index in [2.05, 4.69) is 0 Å². The minimum atomic E-state index is -0.750. The molecule has 3 rings (SSSR count). The summed E-state index contributed by atoms with van der Waals surface area (Å²) in [5.41, 5.74) is 1.06. The van der Waals surface area contributed by atoms with E-state index in [-0.39, 0.29) is 11.5 Å². The topological polar surface area (TPSA) is 52.6 Å². The first kappa shape index (κ1) is 15.8. The van der Waals surface area contributed by atoms with Gasteiger partial charge in [-0.2, -0.15) is 0 Å². The molecule has 1 aliphatic rings. The van der Waals surface area contributed by atoms with Gasteiger partial charge in [-0.3, -0.25) is 9.59 Å². The molecule has 0 fully saturated rings. The van der Waals surface area contributed by atoms with E-state index in [0.29, 0.717) is 22.6 Å².